The van der Waals surface area contributed by atoms with Gasteiger partial charge in [0, 0.05) is 82.6 Å². The monoisotopic (exact) mass is 838 g/mol. The van der Waals surface area contributed by atoms with Crippen molar-refractivity contribution in [3.8, 4) is 5.75 Å². The fraction of sp³-hybridized carbons (Fsp3) is 0.476. The lowest BCUT2D eigenvalue weighted by Crippen LogP contribution is -2.53. The molecule has 7 heterocycles. The number of benzene rings is 1. The largest absolute Gasteiger partial charge is 0.478 e. The standard InChI is InChI=1S/C42H51ClN12O5/c1-24(2)55-39-27(18-33(41(55)59)60-23-35(57)44-4)17-28(19-45-39)47-38-31(43)20-46-42(49-38)53-13-11-26(12-14-53)22-52-15-16-54(25(3)21-52)32-8-6-7-29-36(50-51(5)37(29)32)30-9-10-34(56)48-40(30)58/h6-8,17-20,24-26,30H,9-16,21-23H2,1-5H3,(H,44,57)(H,46,47,49)(H,48,56,58). The Bertz CT molecular complexity index is 2510. The van der Waals surface area contributed by atoms with Crippen LogP contribution in [0.2, 0.25) is 5.02 Å². The number of nitrogens with one attached hydrogen (secondary N) is 3. The minimum absolute atomic E-state index is 0.0587. The molecule has 3 aliphatic rings. The zero-order chi connectivity index (χ0) is 42.2. The second-order valence-corrected chi connectivity index (χ2v) is 16.7. The van der Waals surface area contributed by atoms with Gasteiger partial charge in [-0.2, -0.15) is 10.1 Å². The average Bonchev–Trinajstić information content (AvgIpc) is 3.57. The molecule has 0 aliphatic carbocycles. The summed E-state index contributed by atoms with van der Waals surface area (Å²) in [6, 6.07) is 9.74. The van der Waals surface area contributed by atoms with E-state index in [1.165, 1.54) is 7.05 Å². The van der Waals surface area contributed by atoms with Crippen LogP contribution in [0.1, 0.15) is 64.1 Å². The highest BCUT2D eigenvalue weighted by Crippen LogP contribution is 2.36. The van der Waals surface area contributed by atoms with Gasteiger partial charge in [-0.1, -0.05) is 23.7 Å². The van der Waals surface area contributed by atoms with Crippen molar-refractivity contribution in [2.24, 2.45) is 13.0 Å². The average molecular weight is 839 g/mol. The maximum atomic E-state index is 13.2. The number of piperazine rings is 1. The number of imide groups is 1. The molecule has 2 atom stereocenters. The Kier molecular flexibility index (Phi) is 11.6. The Morgan fingerprint density at radius 1 is 1.05 bits per heavy atom. The van der Waals surface area contributed by atoms with Crippen LogP contribution in [-0.2, 0) is 21.4 Å². The van der Waals surface area contributed by atoms with Gasteiger partial charge in [0.05, 0.1) is 40.9 Å². The van der Waals surface area contributed by atoms with Crippen molar-refractivity contribution >= 4 is 74.4 Å². The van der Waals surface area contributed by atoms with Crippen molar-refractivity contribution in [1.82, 2.24) is 44.8 Å². The molecular weight excluding hydrogens is 788 g/mol. The molecule has 0 radical (unpaired) electrons. The lowest BCUT2D eigenvalue weighted by Gasteiger charge is -2.43. The minimum atomic E-state index is -0.437. The number of hydrogen-bond acceptors (Lipinski definition) is 13. The molecule has 316 valence electrons. The van der Waals surface area contributed by atoms with Gasteiger partial charge in [0.2, 0.25) is 17.8 Å². The summed E-state index contributed by atoms with van der Waals surface area (Å²) in [5.74, 6) is 0.362. The summed E-state index contributed by atoms with van der Waals surface area (Å²) in [6.45, 7) is 11.2. The van der Waals surface area contributed by atoms with E-state index in [9.17, 15) is 19.2 Å². The number of anilines is 4. The molecule has 18 heteroatoms. The number of hydrogen-bond donors (Lipinski definition) is 3. The van der Waals surface area contributed by atoms with Crippen LogP contribution < -0.4 is 36.0 Å². The predicted molar refractivity (Wildman–Crippen MR) is 230 cm³/mol. The van der Waals surface area contributed by atoms with Gasteiger partial charge in [-0.15, -0.1) is 0 Å². The number of rotatable bonds is 11. The Balaban J connectivity index is 0.891. The lowest BCUT2D eigenvalue weighted by molar-refractivity contribution is -0.134. The minimum Gasteiger partial charge on any atom is -0.478 e. The third-order valence-electron chi connectivity index (χ3n) is 11.9. The SMILES string of the molecule is CNC(=O)COc1cc2cc(Nc3nc(N4CCC(CN5CCN(c6cccc7c(C8CCC(=O)NC8=O)nn(C)c67)C(C)C5)CC4)ncc3Cl)cnc2n(C(C)C)c1=O. The number of aromatic nitrogens is 6. The van der Waals surface area contributed by atoms with Gasteiger partial charge in [0.1, 0.15) is 10.7 Å². The van der Waals surface area contributed by atoms with Crippen LogP contribution in [0.15, 0.2) is 47.5 Å². The fourth-order valence-electron chi connectivity index (χ4n) is 8.83. The molecule has 0 bridgehead atoms. The van der Waals surface area contributed by atoms with Crippen molar-refractivity contribution in [1.29, 1.82) is 0 Å². The first-order valence-corrected chi connectivity index (χ1v) is 21.0. The Morgan fingerprint density at radius 2 is 1.85 bits per heavy atom. The van der Waals surface area contributed by atoms with E-state index >= 15 is 0 Å². The summed E-state index contributed by atoms with van der Waals surface area (Å²) in [5, 5.41) is 15.1. The number of nitrogens with zero attached hydrogens (tertiary/aromatic N) is 9. The van der Waals surface area contributed by atoms with E-state index < -0.39 is 5.92 Å². The van der Waals surface area contributed by atoms with Gasteiger partial charge >= 0.3 is 0 Å². The molecule has 60 heavy (non-hydrogen) atoms. The number of pyridine rings is 2. The summed E-state index contributed by atoms with van der Waals surface area (Å²) in [5.41, 5.74) is 3.61. The number of amides is 3. The van der Waals surface area contributed by atoms with Crippen LogP contribution in [0.4, 0.5) is 23.1 Å². The number of fused-ring (bicyclic) bond motifs is 2. The van der Waals surface area contributed by atoms with Gasteiger partial charge in [-0.05, 0) is 64.2 Å². The topological polar surface area (TPSA) is 185 Å². The molecule has 4 aromatic heterocycles. The molecule has 17 nitrogen and oxygen atoms in total. The molecule has 3 N–H and O–H groups in total. The first-order valence-electron chi connectivity index (χ1n) is 20.6. The lowest BCUT2D eigenvalue weighted by atomic mass is 9.92. The van der Waals surface area contributed by atoms with E-state index in [0.29, 0.717) is 52.3 Å². The highest BCUT2D eigenvalue weighted by atomic mass is 35.5. The first kappa shape index (κ1) is 40.9. The fourth-order valence-corrected chi connectivity index (χ4v) is 8.96. The molecule has 0 spiro atoms. The van der Waals surface area contributed by atoms with Crippen molar-refractivity contribution in [2.75, 3.05) is 68.0 Å². The number of aryl methyl sites for hydroxylation is 1. The van der Waals surface area contributed by atoms with Gasteiger partial charge in [0.15, 0.2) is 18.2 Å². The van der Waals surface area contributed by atoms with E-state index in [0.717, 1.165) is 74.4 Å². The van der Waals surface area contributed by atoms with Crippen LogP contribution >= 0.6 is 11.6 Å². The number of piperidine rings is 2. The molecule has 3 fully saturated rings. The molecule has 3 aliphatic heterocycles. The maximum absolute atomic E-state index is 13.2. The zero-order valence-corrected chi connectivity index (χ0v) is 35.3. The van der Waals surface area contributed by atoms with E-state index in [1.807, 2.05) is 43.8 Å². The van der Waals surface area contributed by atoms with E-state index in [2.05, 4.69) is 53.6 Å². The molecule has 3 amide bonds. The predicted octanol–water partition coefficient (Wildman–Crippen LogP) is 4.12. The number of likely N-dealkylation sites (N-methyl/N-ethyl adjacent to an activating group) is 1. The van der Waals surface area contributed by atoms with E-state index in [-0.39, 0.29) is 47.7 Å². The molecule has 2 unspecified atom stereocenters. The second kappa shape index (κ2) is 17.0. The smallest absolute Gasteiger partial charge is 0.294 e. The van der Waals surface area contributed by atoms with Crippen molar-refractivity contribution in [2.45, 2.75) is 64.5 Å². The summed E-state index contributed by atoms with van der Waals surface area (Å²) in [6.07, 6.45) is 6.05. The maximum Gasteiger partial charge on any atom is 0.294 e. The number of carbonyl (C=O) groups is 3. The molecule has 1 aromatic carbocycles. The normalized spacial score (nSPS) is 19.3. The molecule has 3 saturated heterocycles. The van der Waals surface area contributed by atoms with Crippen LogP contribution in [0.25, 0.3) is 21.9 Å². The van der Waals surface area contributed by atoms with Crippen LogP contribution in [0, 0.1) is 5.92 Å². The van der Waals surface area contributed by atoms with Gasteiger partial charge in [0.25, 0.3) is 11.5 Å². The van der Waals surface area contributed by atoms with Crippen LogP contribution in [-0.4, -0.2) is 111 Å². The van der Waals surface area contributed by atoms with Crippen molar-refractivity contribution in [3.05, 3.63) is 63.8 Å². The third-order valence-corrected chi connectivity index (χ3v) is 12.1. The Morgan fingerprint density at radius 3 is 2.58 bits per heavy atom. The summed E-state index contributed by atoms with van der Waals surface area (Å²) in [4.78, 5) is 70.9. The van der Waals surface area contributed by atoms with E-state index in [1.54, 1.807) is 23.0 Å². The van der Waals surface area contributed by atoms with Crippen molar-refractivity contribution < 1.29 is 19.1 Å². The molecule has 8 rings (SSSR count). The molecule has 0 saturated carbocycles. The number of para-hydroxylation sites is 1. The molecule has 5 aromatic rings. The van der Waals surface area contributed by atoms with Crippen LogP contribution in [0.3, 0.4) is 0 Å². The highest BCUT2D eigenvalue weighted by Gasteiger charge is 2.34. The summed E-state index contributed by atoms with van der Waals surface area (Å²) >= 11 is 6.60. The number of ether oxygens (including phenoxy) is 1. The summed E-state index contributed by atoms with van der Waals surface area (Å²) < 4.78 is 9.03. The Labute approximate surface area is 352 Å². The molecular formula is C42H51ClN12O5. The number of carbonyl (C=O) groups excluding carboxylic acids is 3. The van der Waals surface area contributed by atoms with Gasteiger partial charge in [-0.3, -0.25) is 38.6 Å². The van der Waals surface area contributed by atoms with Gasteiger partial charge < -0.3 is 25.2 Å². The summed E-state index contributed by atoms with van der Waals surface area (Å²) in [7, 11) is 3.44. The first-order chi connectivity index (χ1) is 28.9. The van der Waals surface area contributed by atoms with Crippen LogP contribution in [0.5, 0.6) is 5.75 Å². The Hall–Kier alpha value is -5.81. The third kappa shape index (κ3) is 8.19. The van der Waals surface area contributed by atoms with E-state index in [4.69, 9.17) is 26.4 Å². The van der Waals surface area contributed by atoms with Gasteiger partial charge in [-0.25, -0.2) is 9.97 Å². The van der Waals surface area contributed by atoms with Crippen molar-refractivity contribution in [3.63, 3.8) is 0 Å². The quantitative estimate of drug-likeness (QED) is 0.162. The highest BCUT2D eigenvalue weighted by molar-refractivity contribution is 6.33. The zero-order valence-electron chi connectivity index (χ0n) is 34.6. The number of halogens is 1. The second-order valence-electron chi connectivity index (χ2n) is 16.3.